The maximum absolute atomic E-state index is 13.3. The summed E-state index contributed by atoms with van der Waals surface area (Å²) in [7, 11) is -13.9. The molecule has 2 heterocycles. The van der Waals surface area contributed by atoms with Gasteiger partial charge in [-0.05, 0) is 6.92 Å². The average molecular weight is 556 g/mol. The zero-order chi connectivity index (χ0) is 26.2. The van der Waals surface area contributed by atoms with Gasteiger partial charge in [0.15, 0.2) is 5.69 Å². The number of carbonyl (C=O) groups excluding carboxylic acids is 1. The van der Waals surface area contributed by atoms with E-state index in [0.29, 0.717) is 11.3 Å². The van der Waals surface area contributed by atoms with Crippen molar-refractivity contribution in [2.45, 2.75) is 31.3 Å². The predicted octanol–water partition coefficient (Wildman–Crippen LogP) is -3.22. The summed E-state index contributed by atoms with van der Waals surface area (Å²) < 4.78 is 45.2. The van der Waals surface area contributed by atoms with Crippen LogP contribution in [-0.4, -0.2) is 83.5 Å². The number of hydrogen-bond donors (Lipinski definition) is 12. The van der Waals surface area contributed by atoms with Crippen LogP contribution < -0.4 is 5.73 Å². The second kappa shape index (κ2) is 13.2. The van der Waals surface area contributed by atoms with Crippen LogP contribution in [0.5, 0.6) is 0 Å². The Bertz CT molecular complexity index is 808. The third-order valence-corrected chi connectivity index (χ3v) is 3.49. The molecule has 23 heteroatoms. The summed E-state index contributed by atoms with van der Waals surface area (Å²) in [6.45, 7) is 1.58. The number of aromatic nitrogens is 1. The van der Waals surface area contributed by atoms with E-state index in [2.05, 4.69) is 4.98 Å². The van der Waals surface area contributed by atoms with E-state index in [-0.39, 0.29) is 5.01 Å². The normalized spacial score (nSPS) is 23.0. The molecular weight excluding hydrogens is 536 g/mol. The SMILES string of the molecule is C[C@H]1O[C@@H](c2nc(C(N)=O)c(F)s2)[C@H](O)[C@@H]1O.O=P(O)(O)O.O=P(O)(O)O.O=P(O)(O)O. The van der Waals surface area contributed by atoms with Gasteiger partial charge in [-0.25, -0.2) is 18.7 Å². The quantitative estimate of drug-likeness (QED) is 0.159. The second-order valence-corrected chi connectivity index (χ2v) is 9.38. The lowest BCUT2D eigenvalue weighted by molar-refractivity contribution is 0.0149. The summed E-state index contributed by atoms with van der Waals surface area (Å²) >= 11 is 0.573. The lowest BCUT2D eigenvalue weighted by atomic mass is 10.1. The van der Waals surface area contributed by atoms with Gasteiger partial charge in [0, 0.05) is 0 Å². The minimum Gasteiger partial charge on any atom is -0.388 e. The van der Waals surface area contributed by atoms with Crippen LogP contribution in [0.3, 0.4) is 0 Å². The first-order chi connectivity index (χ1) is 13.9. The van der Waals surface area contributed by atoms with Crippen molar-refractivity contribution in [3.8, 4) is 0 Å². The fourth-order valence-electron chi connectivity index (χ4n) is 1.64. The molecular formula is C9H20FN2O16P3S. The van der Waals surface area contributed by atoms with Gasteiger partial charge >= 0.3 is 23.5 Å². The van der Waals surface area contributed by atoms with E-state index in [0.717, 1.165) is 0 Å². The van der Waals surface area contributed by atoms with Gasteiger partial charge in [-0.1, -0.05) is 11.3 Å². The molecule has 1 fully saturated rings. The maximum atomic E-state index is 13.3. The van der Waals surface area contributed by atoms with Crippen molar-refractivity contribution >= 4 is 40.7 Å². The lowest BCUT2D eigenvalue weighted by Crippen LogP contribution is -2.28. The first-order valence-corrected chi connectivity index (χ1v) is 12.8. The molecule has 2 rings (SSSR count). The Labute approximate surface area is 181 Å². The number of thiazole rings is 1. The molecule has 13 N–H and O–H groups in total. The number of amides is 1. The van der Waals surface area contributed by atoms with Crippen molar-refractivity contribution in [1.82, 2.24) is 4.98 Å². The van der Waals surface area contributed by atoms with E-state index >= 15 is 0 Å². The fraction of sp³-hybridized carbons (Fsp3) is 0.556. The Hall–Kier alpha value is -0.760. The number of aliphatic hydroxyl groups is 2. The molecule has 0 radical (unpaired) electrons. The summed E-state index contributed by atoms with van der Waals surface area (Å²) in [6.07, 6.45) is -3.79. The molecule has 32 heavy (non-hydrogen) atoms. The molecule has 0 bridgehead atoms. The molecule has 0 spiro atoms. The van der Waals surface area contributed by atoms with Gasteiger partial charge in [0.05, 0.1) is 6.10 Å². The van der Waals surface area contributed by atoms with Crippen molar-refractivity contribution in [2.24, 2.45) is 5.73 Å². The molecule has 1 aliphatic rings. The molecule has 4 atom stereocenters. The lowest BCUT2D eigenvalue weighted by Gasteiger charge is -2.11. The van der Waals surface area contributed by atoms with Gasteiger partial charge in [-0.3, -0.25) is 4.79 Å². The van der Waals surface area contributed by atoms with Crippen LogP contribution in [0, 0.1) is 5.13 Å². The molecule has 1 saturated heterocycles. The standard InChI is InChI=1S/C9H11FN2O4S.3H3O4P/c1-2-4(13)5(14)6(16-2)9-12-3(8(11)15)7(10)17-9;3*1-5(2,3)4/h2,4-6,13-14H,1H3,(H2,11,15);3*(H3,1,2,3,4)/t2-,4-,5-,6-;;;/m1.../s1. The number of primary amides is 1. The number of nitrogens with two attached hydrogens (primary N) is 1. The molecule has 0 aliphatic carbocycles. The van der Waals surface area contributed by atoms with Gasteiger partial charge in [0.1, 0.15) is 23.3 Å². The number of ether oxygens (including phenoxy) is 1. The van der Waals surface area contributed by atoms with Gasteiger partial charge in [0.2, 0.25) is 5.13 Å². The van der Waals surface area contributed by atoms with Crippen LogP contribution in [0.15, 0.2) is 0 Å². The zero-order valence-corrected chi connectivity index (χ0v) is 18.9. The molecule has 0 aromatic carbocycles. The zero-order valence-electron chi connectivity index (χ0n) is 15.4. The first kappa shape index (κ1) is 33.4. The van der Waals surface area contributed by atoms with Gasteiger partial charge < -0.3 is 64.7 Å². The van der Waals surface area contributed by atoms with Crippen LogP contribution in [0.2, 0.25) is 0 Å². The van der Waals surface area contributed by atoms with Crippen molar-refractivity contribution < 1.29 is 81.9 Å². The molecule has 1 aromatic rings. The molecule has 1 aromatic heterocycles. The number of halogens is 1. The minimum absolute atomic E-state index is 0.0900. The molecule has 0 unspecified atom stereocenters. The minimum atomic E-state index is -4.64. The summed E-state index contributed by atoms with van der Waals surface area (Å²) in [6, 6.07) is 0. The Morgan fingerprint density at radius 2 is 1.28 bits per heavy atom. The molecule has 0 saturated carbocycles. The first-order valence-electron chi connectivity index (χ1n) is 7.24. The molecule has 1 amide bonds. The number of hydrogen-bond acceptors (Lipinski definition) is 9. The third-order valence-electron chi connectivity index (χ3n) is 2.58. The highest BCUT2D eigenvalue weighted by Crippen LogP contribution is 2.36. The number of rotatable bonds is 2. The third kappa shape index (κ3) is 18.8. The monoisotopic (exact) mass is 556 g/mol. The highest BCUT2D eigenvalue weighted by Gasteiger charge is 2.43. The van der Waals surface area contributed by atoms with E-state index in [9.17, 15) is 19.4 Å². The number of carbonyl (C=O) groups is 1. The van der Waals surface area contributed by atoms with E-state index in [4.69, 9.17) is 68.2 Å². The Morgan fingerprint density at radius 3 is 1.50 bits per heavy atom. The Kier molecular flexibility index (Phi) is 13.8. The van der Waals surface area contributed by atoms with Crippen molar-refractivity contribution in [1.29, 1.82) is 0 Å². The second-order valence-electron chi connectivity index (χ2n) is 5.32. The molecule has 1 aliphatic heterocycles. The highest BCUT2D eigenvalue weighted by molar-refractivity contribution is 7.45. The Morgan fingerprint density at radius 1 is 0.938 bits per heavy atom. The molecule has 190 valence electrons. The van der Waals surface area contributed by atoms with Crippen LogP contribution >= 0.6 is 34.8 Å². The van der Waals surface area contributed by atoms with Crippen molar-refractivity contribution in [3.63, 3.8) is 0 Å². The number of nitrogens with zero attached hydrogens (tertiary/aromatic N) is 1. The number of aliphatic hydroxyl groups excluding tert-OH is 2. The molecule has 18 nitrogen and oxygen atoms in total. The van der Waals surface area contributed by atoms with Gasteiger partial charge in [0.25, 0.3) is 5.91 Å². The fourth-order valence-corrected chi connectivity index (χ4v) is 2.52. The summed E-state index contributed by atoms with van der Waals surface area (Å²) in [5, 5.41) is 18.4. The Balaban J connectivity index is 0. The van der Waals surface area contributed by atoms with Crippen LogP contribution in [-0.2, 0) is 18.4 Å². The predicted molar refractivity (Wildman–Crippen MR) is 98.7 cm³/mol. The van der Waals surface area contributed by atoms with Crippen LogP contribution in [0.4, 0.5) is 4.39 Å². The van der Waals surface area contributed by atoms with Crippen LogP contribution in [0.25, 0.3) is 0 Å². The van der Waals surface area contributed by atoms with Crippen molar-refractivity contribution in [3.05, 3.63) is 15.8 Å². The van der Waals surface area contributed by atoms with E-state index in [1.807, 2.05) is 0 Å². The summed E-state index contributed by atoms with van der Waals surface area (Å²) in [5.74, 6) is -0.980. The summed E-state index contributed by atoms with van der Waals surface area (Å²) in [4.78, 5) is 79.2. The van der Waals surface area contributed by atoms with Gasteiger partial charge in [-0.2, -0.15) is 4.39 Å². The maximum Gasteiger partial charge on any atom is 0.466 e. The smallest absolute Gasteiger partial charge is 0.388 e. The van der Waals surface area contributed by atoms with E-state index < -0.39 is 64.6 Å². The summed E-state index contributed by atoms with van der Waals surface area (Å²) in [5.41, 5.74) is 4.45. The van der Waals surface area contributed by atoms with E-state index in [1.54, 1.807) is 6.92 Å². The average Bonchev–Trinajstić information content (AvgIpc) is 2.98. The highest BCUT2D eigenvalue weighted by atomic mass is 32.1. The number of phosphoric acid groups is 3. The van der Waals surface area contributed by atoms with Crippen LogP contribution in [0.1, 0.15) is 28.5 Å². The topological polar surface area (TPSA) is 339 Å². The van der Waals surface area contributed by atoms with Gasteiger partial charge in [-0.15, -0.1) is 0 Å². The largest absolute Gasteiger partial charge is 0.466 e. The van der Waals surface area contributed by atoms with Crippen molar-refractivity contribution in [2.75, 3.05) is 0 Å². The van der Waals surface area contributed by atoms with E-state index in [1.165, 1.54) is 0 Å².